The molecule has 0 heterocycles. The lowest BCUT2D eigenvalue weighted by Gasteiger charge is -2.44. The summed E-state index contributed by atoms with van der Waals surface area (Å²) in [5.74, 6) is -3.39. The molecule has 202 valence electrons. The van der Waals surface area contributed by atoms with Crippen LogP contribution >= 0.6 is 7.60 Å². The summed E-state index contributed by atoms with van der Waals surface area (Å²) in [5.41, 5.74) is 5.42. The summed E-state index contributed by atoms with van der Waals surface area (Å²) in [6, 6.07) is 13.7. The lowest BCUT2D eigenvalue weighted by molar-refractivity contribution is -0.152. The molecule has 0 radical (unpaired) electrons. The van der Waals surface area contributed by atoms with E-state index in [9.17, 15) is 33.8 Å². The largest absolute Gasteiger partial charge is 0.497 e. The minimum absolute atomic E-state index is 0.133. The van der Waals surface area contributed by atoms with Crippen molar-refractivity contribution >= 4 is 25.5 Å². The van der Waals surface area contributed by atoms with Gasteiger partial charge in [-0.15, -0.1) is 0 Å². The molecule has 12 heteroatoms. The zero-order chi connectivity index (χ0) is 27.9. The molecule has 1 unspecified atom stereocenters. The first-order chi connectivity index (χ1) is 17.3. The molecule has 0 amide bonds. The van der Waals surface area contributed by atoms with E-state index in [0.29, 0.717) is 11.3 Å². The highest BCUT2D eigenvalue weighted by Gasteiger charge is 2.66. The van der Waals surface area contributed by atoms with Gasteiger partial charge in [0.15, 0.2) is 0 Å². The van der Waals surface area contributed by atoms with Gasteiger partial charge >= 0.3 is 25.5 Å². The second-order valence-corrected chi connectivity index (χ2v) is 10.4. The monoisotopic (exact) mass is 537 g/mol. The molecule has 0 saturated heterocycles. The van der Waals surface area contributed by atoms with Crippen LogP contribution in [0.2, 0.25) is 0 Å². The molecule has 0 spiro atoms. The third kappa shape index (κ3) is 6.75. The maximum absolute atomic E-state index is 12.9. The van der Waals surface area contributed by atoms with Crippen LogP contribution in [0.15, 0.2) is 48.5 Å². The molecule has 37 heavy (non-hydrogen) atoms. The summed E-state index contributed by atoms with van der Waals surface area (Å²) in [6.07, 6.45) is -2.84. The number of methoxy groups -OCH3 is 1. The van der Waals surface area contributed by atoms with E-state index in [1.54, 1.807) is 42.5 Å². The van der Waals surface area contributed by atoms with E-state index >= 15 is 0 Å². The number of carboxylic acids is 1. The van der Waals surface area contributed by atoms with Crippen molar-refractivity contribution < 1.29 is 48.1 Å². The van der Waals surface area contributed by atoms with Crippen molar-refractivity contribution in [3.63, 3.8) is 0 Å². The van der Waals surface area contributed by atoms with E-state index in [0.717, 1.165) is 11.1 Å². The second-order valence-electron chi connectivity index (χ2n) is 8.42. The van der Waals surface area contributed by atoms with Gasteiger partial charge in [-0.05, 0) is 42.7 Å². The average molecular weight is 538 g/mol. The third-order valence-corrected chi connectivity index (χ3v) is 7.92. The first kappa shape index (κ1) is 30.0. The van der Waals surface area contributed by atoms with Crippen molar-refractivity contribution in [3.8, 4) is 16.9 Å². The predicted octanol–water partition coefficient (Wildman–Crippen LogP) is 2.51. The Labute approximate surface area is 214 Å². The summed E-state index contributed by atoms with van der Waals surface area (Å²) in [5, 5.41) is 7.33. The maximum atomic E-state index is 12.9. The van der Waals surface area contributed by atoms with Crippen molar-refractivity contribution in [2.45, 2.75) is 43.8 Å². The number of carboxylic acid groups (broad SMARTS) is 1. The van der Waals surface area contributed by atoms with E-state index in [1.165, 1.54) is 21.0 Å². The van der Waals surface area contributed by atoms with E-state index in [-0.39, 0.29) is 13.2 Å². The number of nitrogens with two attached hydrogens (primary N) is 1. The molecule has 0 bridgehead atoms. The van der Waals surface area contributed by atoms with Crippen LogP contribution < -0.4 is 10.5 Å². The Morgan fingerprint density at radius 1 is 0.919 bits per heavy atom. The van der Waals surface area contributed by atoms with Crippen LogP contribution in [0.4, 0.5) is 0 Å². The molecule has 2 rings (SSSR count). The third-order valence-electron chi connectivity index (χ3n) is 6.09. The Kier molecular flexibility index (Phi) is 10.00. The van der Waals surface area contributed by atoms with Gasteiger partial charge in [0, 0.05) is 6.42 Å². The summed E-state index contributed by atoms with van der Waals surface area (Å²) in [7, 11) is -4.03. The van der Waals surface area contributed by atoms with Gasteiger partial charge in [0.25, 0.3) is 0 Å². The molecule has 0 aromatic heterocycles. The summed E-state index contributed by atoms with van der Waals surface area (Å²) >= 11 is 0. The van der Waals surface area contributed by atoms with Gasteiger partial charge in [-0.1, -0.05) is 36.4 Å². The first-order valence-corrected chi connectivity index (χ1v) is 13.1. The number of benzene rings is 2. The highest BCUT2D eigenvalue weighted by atomic mass is 31.2. The number of rotatable bonds is 13. The fourth-order valence-electron chi connectivity index (χ4n) is 4.12. The fraction of sp³-hybridized carbons (Fsp3) is 0.400. The molecule has 1 atom stereocenters. The number of carbonyl (C=O) groups excluding carboxylic acids is 2. The van der Waals surface area contributed by atoms with Crippen LogP contribution in [0.25, 0.3) is 11.1 Å². The topological polar surface area (TPSA) is 183 Å². The highest BCUT2D eigenvalue weighted by molar-refractivity contribution is 7.54. The molecule has 0 fully saturated rings. The Hall–Kier alpha value is -3.24. The van der Waals surface area contributed by atoms with E-state index in [2.05, 4.69) is 0 Å². The molecule has 0 saturated carbocycles. The molecule has 0 aliphatic heterocycles. The van der Waals surface area contributed by atoms with Crippen LogP contribution in [0.3, 0.4) is 0 Å². The normalized spacial score (nSPS) is 13.4. The number of carbonyl (C=O) groups is 3. The lowest BCUT2D eigenvalue weighted by atomic mass is 9.75. The van der Waals surface area contributed by atoms with E-state index in [1.807, 2.05) is 6.07 Å². The Morgan fingerprint density at radius 3 is 1.89 bits per heavy atom. The van der Waals surface area contributed by atoms with Gasteiger partial charge < -0.3 is 34.8 Å². The summed E-state index contributed by atoms with van der Waals surface area (Å²) in [4.78, 5) is 58.3. The Balaban J connectivity index is 2.59. The van der Waals surface area contributed by atoms with Gasteiger partial charge in [-0.2, -0.15) is 0 Å². The number of hydrogen-bond acceptors (Lipinski definition) is 8. The SMILES string of the molecule is CCOC(=O)CC(CC(=O)OCC)(C(N)(Cc1ccc(-c2cccc(OC)c2)cc1)C(=O)O)P(=O)(O)O. The first-order valence-electron chi connectivity index (χ1n) is 11.5. The zero-order valence-corrected chi connectivity index (χ0v) is 21.8. The number of aliphatic carboxylic acids is 1. The van der Waals surface area contributed by atoms with Gasteiger partial charge in [0.2, 0.25) is 0 Å². The Morgan fingerprint density at radius 2 is 1.46 bits per heavy atom. The molecule has 11 nitrogen and oxygen atoms in total. The number of hydrogen-bond donors (Lipinski definition) is 4. The highest BCUT2D eigenvalue weighted by Crippen LogP contribution is 2.60. The van der Waals surface area contributed by atoms with Crippen LogP contribution in [0, 0.1) is 0 Å². The summed E-state index contributed by atoms with van der Waals surface area (Å²) in [6.45, 7) is 2.68. The predicted molar refractivity (Wildman–Crippen MR) is 134 cm³/mol. The number of esters is 2. The van der Waals surface area contributed by atoms with Crippen LogP contribution in [0.1, 0.15) is 32.3 Å². The lowest BCUT2D eigenvalue weighted by Crippen LogP contribution is -2.67. The molecule has 2 aromatic rings. The van der Waals surface area contributed by atoms with Crippen molar-refractivity contribution in [2.75, 3.05) is 20.3 Å². The molecule has 0 aliphatic rings. The molecule has 0 aliphatic carbocycles. The second kappa shape index (κ2) is 12.3. The minimum Gasteiger partial charge on any atom is -0.497 e. The van der Waals surface area contributed by atoms with Crippen LogP contribution in [-0.2, 0) is 34.8 Å². The quantitative estimate of drug-likeness (QED) is 0.217. The summed E-state index contributed by atoms with van der Waals surface area (Å²) < 4.78 is 27.8. The van der Waals surface area contributed by atoms with Crippen molar-refractivity contribution in [1.29, 1.82) is 0 Å². The van der Waals surface area contributed by atoms with Crippen LogP contribution in [-0.4, -0.2) is 63.8 Å². The van der Waals surface area contributed by atoms with E-state index < -0.39 is 55.5 Å². The Bertz CT molecular complexity index is 1140. The standard InChI is InChI=1S/C25H32NO10P/c1-4-35-21(27)15-24(37(31,32)33,16-22(28)36-5-2)25(26,23(29)30)14-17-9-11-18(12-10-17)19-7-6-8-20(13-19)34-3/h6-13H,4-5,14-16,26H2,1-3H3,(H,29,30)(H2,31,32,33). The maximum Gasteiger partial charge on any atom is 0.335 e. The average Bonchev–Trinajstić information content (AvgIpc) is 2.83. The van der Waals surface area contributed by atoms with Gasteiger partial charge in [0.1, 0.15) is 16.4 Å². The molecular weight excluding hydrogens is 505 g/mol. The van der Waals surface area contributed by atoms with Gasteiger partial charge in [-0.25, -0.2) is 0 Å². The number of ether oxygens (including phenoxy) is 3. The fourth-order valence-corrected chi connectivity index (χ4v) is 5.49. The molecule has 5 N–H and O–H groups in total. The van der Waals surface area contributed by atoms with Gasteiger partial charge in [-0.3, -0.25) is 18.9 Å². The molecular formula is C25H32NO10P. The minimum atomic E-state index is -5.56. The van der Waals surface area contributed by atoms with Gasteiger partial charge in [0.05, 0.1) is 33.2 Å². The zero-order valence-electron chi connectivity index (χ0n) is 20.9. The smallest absolute Gasteiger partial charge is 0.335 e. The van der Waals surface area contributed by atoms with E-state index in [4.69, 9.17) is 19.9 Å². The van der Waals surface area contributed by atoms with Crippen LogP contribution in [0.5, 0.6) is 5.75 Å². The molecule has 2 aromatic carbocycles. The van der Waals surface area contributed by atoms with Crippen molar-refractivity contribution in [1.82, 2.24) is 0 Å². The van der Waals surface area contributed by atoms with Crippen molar-refractivity contribution in [3.05, 3.63) is 54.1 Å². The van der Waals surface area contributed by atoms with Crippen molar-refractivity contribution in [2.24, 2.45) is 5.73 Å².